The summed E-state index contributed by atoms with van der Waals surface area (Å²) in [6.45, 7) is 0. The highest BCUT2D eigenvalue weighted by Gasteiger charge is 2.12. The molecule has 78 valence electrons. The van der Waals surface area contributed by atoms with Gasteiger partial charge in [0, 0.05) is 6.07 Å². The third-order valence-corrected chi connectivity index (χ3v) is 2.70. The Labute approximate surface area is 103 Å². The molecule has 2 aromatic heterocycles. The zero-order valence-corrected chi connectivity index (χ0v) is 10.7. The van der Waals surface area contributed by atoms with Gasteiger partial charge in [-0.3, -0.25) is 4.79 Å². The summed E-state index contributed by atoms with van der Waals surface area (Å²) < 4.78 is 11.4. The normalized spacial score (nSPS) is 10.5. The van der Waals surface area contributed by atoms with E-state index in [0.29, 0.717) is 20.7 Å². The molecule has 15 heavy (non-hydrogen) atoms. The number of Topliss-reactive ketones (excluding diaryl/α,β-unsaturated/α-hetero) is 1. The fourth-order valence-electron chi connectivity index (χ4n) is 1.16. The molecule has 0 aromatic carbocycles. The number of furan rings is 2. The number of ketones is 1. The summed E-state index contributed by atoms with van der Waals surface area (Å²) in [5.74, 6) is 0.593. The predicted octanol–water partition coefficient (Wildman–Crippen LogP) is 3.82. The van der Waals surface area contributed by atoms with E-state index in [2.05, 4.69) is 31.9 Å². The van der Waals surface area contributed by atoms with Gasteiger partial charge in [0.1, 0.15) is 12.0 Å². The van der Waals surface area contributed by atoms with Gasteiger partial charge in [0.15, 0.2) is 15.1 Å². The van der Waals surface area contributed by atoms with Crippen molar-refractivity contribution in [2.75, 3.05) is 0 Å². The van der Waals surface area contributed by atoms with Gasteiger partial charge >= 0.3 is 0 Å². The summed E-state index contributed by atoms with van der Waals surface area (Å²) in [5.41, 5.74) is 0.536. The number of rotatable bonds is 3. The van der Waals surface area contributed by atoms with Gasteiger partial charge < -0.3 is 8.83 Å². The van der Waals surface area contributed by atoms with Crippen LogP contribution in [0.2, 0.25) is 0 Å². The molecule has 0 fully saturated rings. The van der Waals surface area contributed by atoms with E-state index in [-0.39, 0.29) is 12.2 Å². The van der Waals surface area contributed by atoms with Crippen LogP contribution in [0, 0.1) is 0 Å². The van der Waals surface area contributed by atoms with E-state index in [1.807, 2.05) is 0 Å². The molecule has 0 unspecified atom stereocenters. The first-order valence-electron chi connectivity index (χ1n) is 4.16. The van der Waals surface area contributed by atoms with E-state index in [0.717, 1.165) is 0 Å². The molecule has 2 aromatic rings. The Hall–Kier alpha value is -0.810. The van der Waals surface area contributed by atoms with Crippen molar-refractivity contribution in [3.8, 4) is 0 Å². The van der Waals surface area contributed by atoms with Crippen molar-refractivity contribution in [1.29, 1.82) is 0 Å². The van der Waals surface area contributed by atoms with Crippen LogP contribution in [0.4, 0.5) is 0 Å². The van der Waals surface area contributed by atoms with Crippen molar-refractivity contribution in [3.63, 3.8) is 0 Å². The summed E-state index contributed by atoms with van der Waals surface area (Å²) in [4.78, 5) is 11.7. The number of carbonyl (C=O) groups is 1. The molecule has 0 aliphatic heterocycles. The first kappa shape index (κ1) is 10.7. The summed E-state index contributed by atoms with van der Waals surface area (Å²) in [6.07, 6.45) is 1.65. The van der Waals surface area contributed by atoms with Crippen molar-refractivity contribution in [2.24, 2.45) is 0 Å². The number of hydrogen-bond donors (Lipinski definition) is 0. The van der Waals surface area contributed by atoms with Crippen LogP contribution in [0.5, 0.6) is 0 Å². The Balaban J connectivity index is 2.10. The molecule has 0 atom stereocenters. The van der Waals surface area contributed by atoms with Crippen LogP contribution < -0.4 is 0 Å². The van der Waals surface area contributed by atoms with Gasteiger partial charge in [0.25, 0.3) is 0 Å². The first-order valence-corrected chi connectivity index (χ1v) is 5.75. The molecule has 5 heteroatoms. The smallest absolute Gasteiger partial charge is 0.173 e. The molecule has 3 nitrogen and oxygen atoms in total. The third-order valence-electron chi connectivity index (χ3n) is 1.85. The molecule has 0 saturated carbocycles. The van der Waals surface area contributed by atoms with Crippen molar-refractivity contribution < 1.29 is 13.6 Å². The van der Waals surface area contributed by atoms with Crippen LogP contribution in [0.25, 0.3) is 0 Å². The van der Waals surface area contributed by atoms with Gasteiger partial charge in [-0.15, -0.1) is 0 Å². The zero-order valence-electron chi connectivity index (χ0n) is 7.50. The minimum absolute atomic E-state index is 0.0358. The monoisotopic (exact) mass is 332 g/mol. The Morgan fingerprint density at radius 1 is 1.27 bits per heavy atom. The Bertz CT molecular complexity index is 484. The summed E-state index contributed by atoms with van der Waals surface area (Å²) in [5, 5.41) is 0. The first-order chi connectivity index (χ1) is 7.15. The van der Waals surface area contributed by atoms with Crippen LogP contribution in [0.15, 0.2) is 42.6 Å². The molecule has 0 bridgehead atoms. The van der Waals surface area contributed by atoms with E-state index >= 15 is 0 Å². The van der Waals surface area contributed by atoms with Crippen LogP contribution in [-0.2, 0) is 6.42 Å². The molecule has 0 aliphatic rings. The highest BCUT2D eigenvalue weighted by atomic mass is 79.9. The molecule has 0 radical (unpaired) electrons. The molecule has 2 heterocycles. The Kier molecular flexibility index (Phi) is 3.11. The van der Waals surface area contributed by atoms with E-state index in [1.165, 1.54) is 6.26 Å². The molecule has 0 saturated heterocycles. The van der Waals surface area contributed by atoms with Crippen LogP contribution in [0.3, 0.4) is 0 Å². The Morgan fingerprint density at radius 3 is 2.60 bits per heavy atom. The minimum Gasteiger partial charge on any atom is -0.457 e. The van der Waals surface area contributed by atoms with Crippen molar-refractivity contribution in [1.82, 2.24) is 0 Å². The van der Waals surface area contributed by atoms with Gasteiger partial charge in [0.2, 0.25) is 0 Å². The molecule has 0 N–H and O–H groups in total. The van der Waals surface area contributed by atoms with Gasteiger partial charge in [-0.05, 0) is 44.0 Å². The molecule has 2 rings (SSSR count). The second-order valence-electron chi connectivity index (χ2n) is 2.95. The topological polar surface area (TPSA) is 43.4 Å². The van der Waals surface area contributed by atoms with Crippen LogP contribution in [0.1, 0.15) is 16.1 Å². The number of hydrogen-bond acceptors (Lipinski definition) is 3. The average Bonchev–Trinajstić information content (AvgIpc) is 2.75. The van der Waals surface area contributed by atoms with Crippen molar-refractivity contribution in [2.45, 2.75) is 6.42 Å². The Morgan fingerprint density at radius 2 is 2.07 bits per heavy atom. The van der Waals surface area contributed by atoms with Crippen LogP contribution >= 0.6 is 31.9 Å². The third kappa shape index (κ3) is 2.60. The zero-order chi connectivity index (χ0) is 10.8. The molecular weight excluding hydrogens is 328 g/mol. The van der Waals surface area contributed by atoms with Crippen LogP contribution in [-0.4, -0.2) is 5.78 Å². The van der Waals surface area contributed by atoms with E-state index in [4.69, 9.17) is 8.83 Å². The summed E-state index contributed by atoms with van der Waals surface area (Å²) in [7, 11) is 0. The second kappa shape index (κ2) is 4.37. The van der Waals surface area contributed by atoms with Crippen molar-refractivity contribution >= 4 is 37.6 Å². The molecule has 0 amide bonds. The van der Waals surface area contributed by atoms with Gasteiger partial charge in [-0.25, -0.2) is 0 Å². The lowest BCUT2D eigenvalue weighted by atomic mass is 10.1. The quantitative estimate of drug-likeness (QED) is 0.802. The van der Waals surface area contributed by atoms with Gasteiger partial charge in [-0.2, -0.15) is 0 Å². The van der Waals surface area contributed by atoms with E-state index in [1.54, 1.807) is 18.2 Å². The highest BCUT2D eigenvalue weighted by Crippen LogP contribution is 2.18. The van der Waals surface area contributed by atoms with E-state index in [9.17, 15) is 4.79 Å². The van der Waals surface area contributed by atoms with Gasteiger partial charge in [-0.1, -0.05) is 0 Å². The number of carbonyl (C=O) groups excluding carboxylic acids is 1. The fraction of sp³-hybridized carbons (Fsp3) is 0.100. The second-order valence-corrected chi connectivity index (χ2v) is 4.51. The lowest BCUT2D eigenvalue weighted by molar-refractivity contribution is 0.0986. The maximum absolute atomic E-state index is 11.7. The lowest BCUT2D eigenvalue weighted by Crippen LogP contribution is -2.00. The summed E-state index contributed by atoms with van der Waals surface area (Å²) in [6, 6.07) is 5.16. The van der Waals surface area contributed by atoms with Crippen molar-refractivity contribution in [3.05, 3.63) is 45.1 Å². The lowest BCUT2D eigenvalue weighted by Gasteiger charge is -1.92. The highest BCUT2D eigenvalue weighted by molar-refractivity contribution is 9.10. The fourth-order valence-corrected chi connectivity index (χ4v) is 1.84. The van der Waals surface area contributed by atoms with Gasteiger partial charge in [0.05, 0.1) is 12.0 Å². The maximum Gasteiger partial charge on any atom is 0.173 e. The SMILES string of the molecule is O=C(Cc1ccc(Br)o1)c1coc(Br)c1. The average molecular weight is 334 g/mol. The molecular formula is C10H6Br2O3. The standard InChI is InChI=1S/C10H6Br2O3/c11-9-2-1-7(15-9)4-8(13)6-3-10(12)14-5-6/h1-3,5H,4H2. The minimum atomic E-state index is -0.0358. The maximum atomic E-state index is 11.7. The molecule has 0 spiro atoms. The molecule has 0 aliphatic carbocycles. The van der Waals surface area contributed by atoms with E-state index < -0.39 is 0 Å². The number of halogens is 2. The largest absolute Gasteiger partial charge is 0.457 e. The summed E-state index contributed by atoms with van der Waals surface area (Å²) >= 11 is 6.32. The predicted molar refractivity (Wildman–Crippen MR) is 60.9 cm³/mol.